The molecule has 7 heteroatoms. The fourth-order valence-corrected chi connectivity index (χ4v) is 3.06. The molecule has 1 atom stereocenters. The molecule has 2 amide bonds. The number of carboxylic acid groups (broad SMARTS) is 1. The minimum Gasteiger partial charge on any atom is -0.480 e. The molecular formula is C13H18N2O4S. The number of hydrogen-bond donors (Lipinski definition) is 2. The van der Waals surface area contributed by atoms with Gasteiger partial charge in [-0.15, -0.1) is 11.3 Å². The summed E-state index contributed by atoms with van der Waals surface area (Å²) in [6, 6.07) is 0.787. The first kappa shape index (κ1) is 14.8. The Balaban J connectivity index is 1.95. The van der Waals surface area contributed by atoms with Crippen LogP contribution in [0.4, 0.5) is 4.79 Å². The molecule has 1 aliphatic rings. The third-order valence-electron chi connectivity index (χ3n) is 3.29. The minimum absolute atomic E-state index is 0.0436. The van der Waals surface area contributed by atoms with Gasteiger partial charge in [0.15, 0.2) is 6.04 Å². The molecule has 0 spiro atoms. The van der Waals surface area contributed by atoms with Gasteiger partial charge in [0.25, 0.3) is 0 Å². The lowest BCUT2D eigenvalue weighted by molar-refractivity contribution is -0.147. The topological polar surface area (TPSA) is 78.9 Å². The van der Waals surface area contributed by atoms with E-state index in [1.807, 2.05) is 11.4 Å². The first-order valence-electron chi connectivity index (χ1n) is 6.53. The van der Waals surface area contributed by atoms with Crippen molar-refractivity contribution in [2.45, 2.75) is 25.9 Å². The quantitative estimate of drug-likeness (QED) is 0.878. The first-order valence-corrected chi connectivity index (χ1v) is 7.41. The predicted molar refractivity (Wildman–Crippen MR) is 74.9 cm³/mol. The van der Waals surface area contributed by atoms with Gasteiger partial charge < -0.3 is 20.1 Å². The number of morpholine rings is 1. The fraction of sp³-hybridized carbons (Fsp3) is 0.538. The highest BCUT2D eigenvalue weighted by Gasteiger charge is 2.32. The summed E-state index contributed by atoms with van der Waals surface area (Å²) >= 11 is 1.60. The summed E-state index contributed by atoms with van der Waals surface area (Å²) in [7, 11) is 0. The van der Waals surface area contributed by atoms with Crippen LogP contribution in [-0.2, 0) is 22.5 Å². The molecule has 0 radical (unpaired) electrons. The number of urea groups is 1. The molecule has 1 unspecified atom stereocenters. The molecule has 1 fully saturated rings. The number of nitrogens with one attached hydrogen (secondary N) is 1. The number of hydrogen-bond acceptors (Lipinski definition) is 4. The van der Waals surface area contributed by atoms with E-state index in [0.29, 0.717) is 19.7 Å². The highest BCUT2D eigenvalue weighted by molar-refractivity contribution is 7.10. The minimum atomic E-state index is -1.04. The van der Waals surface area contributed by atoms with Gasteiger partial charge in [-0.05, 0) is 23.4 Å². The Kier molecular flexibility index (Phi) is 4.97. The number of nitrogens with zero attached hydrogens (tertiary/aromatic N) is 1. The average Bonchev–Trinajstić information content (AvgIpc) is 2.92. The number of ether oxygens (including phenoxy) is 1. The second kappa shape index (κ2) is 6.71. The average molecular weight is 298 g/mol. The van der Waals surface area contributed by atoms with Crippen LogP contribution < -0.4 is 5.32 Å². The number of carboxylic acids is 1. The van der Waals surface area contributed by atoms with E-state index in [4.69, 9.17) is 9.84 Å². The van der Waals surface area contributed by atoms with Crippen LogP contribution in [-0.4, -0.2) is 47.8 Å². The van der Waals surface area contributed by atoms with Gasteiger partial charge in [-0.2, -0.15) is 0 Å². The zero-order chi connectivity index (χ0) is 14.5. The molecule has 6 nitrogen and oxygen atoms in total. The van der Waals surface area contributed by atoms with Gasteiger partial charge in [-0.3, -0.25) is 0 Å². The molecule has 0 saturated carbocycles. The molecule has 2 heterocycles. The zero-order valence-corrected chi connectivity index (χ0v) is 12.1. The lowest BCUT2D eigenvalue weighted by Gasteiger charge is -2.32. The van der Waals surface area contributed by atoms with E-state index in [2.05, 4.69) is 12.2 Å². The summed E-state index contributed by atoms with van der Waals surface area (Å²) in [5, 5.41) is 13.9. The van der Waals surface area contributed by atoms with Gasteiger partial charge in [-0.25, -0.2) is 9.59 Å². The lowest BCUT2D eigenvalue weighted by Crippen LogP contribution is -2.55. The molecule has 110 valence electrons. The van der Waals surface area contributed by atoms with E-state index in [-0.39, 0.29) is 12.6 Å². The Hall–Kier alpha value is -1.60. The van der Waals surface area contributed by atoms with Crippen molar-refractivity contribution in [3.63, 3.8) is 0 Å². The largest absolute Gasteiger partial charge is 0.480 e. The van der Waals surface area contributed by atoms with Crippen LogP contribution in [0.1, 0.15) is 17.4 Å². The van der Waals surface area contributed by atoms with Crippen molar-refractivity contribution in [2.75, 3.05) is 19.8 Å². The molecule has 0 aliphatic carbocycles. The zero-order valence-electron chi connectivity index (χ0n) is 11.3. The molecule has 0 aromatic carbocycles. The molecule has 1 aromatic rings. The Labute approximate surface area is 121 Å². The summed E-state index contributed by atoms with van der Waals surface area (Å²) in [4.78, 5) is 25.6. The van der Waals surface area contributed by atoms with Crippen molar-refractivity contribution in [3.05, 3.63) is 21.9 Å². The Morgan fingerprint density at radius 1 is 1.60 bits per heavy atom. The summed E-state index contributed by atoms with van der Waals surface area (Å²) in [5.74, 6) is -1.04. The third kappa shape index (κ3) is 3.29. The van der Waals surface area contributed by atoms with Gasteiger partial charge in [0, 0.05) is 11.4 Å². The summed E-state index contributed by atoms with van der Waals surface area (Å²) in [6.45, 7) is 3.21. The second-order valence-electron chi connectivity index (χ2n) is 4.50. The van der Waals surface area contributed by atoms with E-state index in [0.717, 1.165) is 11.3 Å². The van der Waals surface area contributed by atoms with Crippen molar-refractivity contribution in [3.8, 4) is 0 Å². The van der Waals surface area contributed by atoms with E-state index in [9.17, 15) is 9.59 Å². The first-order chi connectivity index (χ1) is 9.63. The van der Waals surface area contributed by atoms with Crippen molar-refractivity contribution in [1.29, 1.82) is 0 Å². The molecular weight excluding hydrogens is 280 g/mol. The van der Waals surface area contributed by atoms with Gasteiger partial charge in [-0.1, -0.05) is 6.92 Å². The van der Waals surface area contributed by atoms with Crippen LogP contribution in [0.3, 0.4) is 0 Å². The van der Waals surface area contributed by atoms with E-state index in [1.54, 1.807) is 11.3 Å². The van der Waals surface area contributed by atoms with Crippen LogP contribution in [0.2, 0.25) is 0 Å². The Morgan fingerprint density at radius 2 is 2.40 bits per heavy atom. The second-order valence-corrected chi connectivity index (χ2v) is 5.50. The molecule has 2 N–H and O–H groups in total. The highest BCUT2D eigenvalue weighted by atomic mass is 32.1. The molecule has 20 heavy (non-hydrogen) atoms. The maximum atomic E-state index is 12.1. The van der Waals surface area contributed by atoms with E-state index >= 15 is 0 Å². The Bertz CT molecular complexity index is 488. The van der Waals surface area contributed by atoms with Crippen molar-refractivity contribution >= 4 is 23.3 Å². The number of carbonyl (C=O) groups is 2. The summed E-state index contributed by atoms with van der Waals surface area (Å²) in [5.41, 5.74) is 1.21. The highest BCUT2D eigenvalue weighted by Crippen LogP contribution is 2.17. The number of aliphatic carboxylic acids is 1. The smallest absolute Gasteiger partial charge is 0.328 e. The number of thiophene rings is 1. The van der Waals surface area contributed by atoms with Gasteiger partial charge in [0.2, 0.25) is 0 Å². The molecule has 0 bridgehead atoms. The maximum Gasteiger partial charge on any atom is 0.328 e. The van der Waals surface area contributed by atoms with Crippen LogP contribution >= 0.6 is 11.3 Å². The molecule has 1 aliphatic heterocycles. The predicted octanol–water partition coefficient (Wildman–Crippen LogP) is 1.31. The van der Waals surface area contributed by atoms with Crippen molar-refractivity contribution in [2.24, 2.45) is 0 Å². The van der Waals surface area contributed by atoms with Crippen LogP contribution in [0.25, 0.3) is 0 Å². The van der Waals surface area contributed by atoms with E-state index < -0.39 is 12.0 Å². The van der Waals surface area contributed by atoms with Gasteiger partial charge in [0.05, 0.1) is 19.8 Å². The number of amides is 2. The van der Waals surface area contributed by atoms with Gasteiger partial charge in [0.1, 0.15) is 0 Å². The SMILES string of the molecule is CCc1ccsc1CNC(=O)N1CCOCC1C(=O)O. The van der Waals surface area contributed by atoms with Crippen LogP contribution in [0.15, 0.2) is 11.4 Å². The van der Waals surface area contributed by atoms with Crippen molar-refractivity contribution < 1.29 is 19.4 Å². The molecule has 1 aromatic heterocycles. The summed E-state index contributed by atoms with van der Waals surface area (Å²) < 4.78 is 5.11. The van der Waals surface area contributed by atoms with E-state index in [1.165, 1.54) is 10.5 Å². The standard InChI is InChI=1S/C13H18N2O4S/c1-2-9-3-6-20-11(9)7-14-13(18)15-4-5-19-8-10(15)12(16)17/h3,6,10H,2,4-5,7-8H2,1H3,(H,14,18)(H,16,17). The number of carbonyl (C=O) groups excluding carboxylic acids is 1. The Morgan fingerprint density at radius 3 is 3.10 bits per heavy atom. The van der Waals surface area contributed by atoms with Crippen molar-refractivity contribution in [1.82, 2.24) is 10.2 Å². The lowest BCUT2D eigenvalue weighted by atomic mass is 10.2. The number of aryl methyl sites for hydroxylation is 1. The van der Waals surface area contributed by atoms with Gasteiger partial charge >= 0.3 is 12.0 Å². The fourth-order valence-electron chi connectivity index (χ4n) is 2.15. The van der Waals surface area contributed by atoms with Crippen LogP contribution in [0.5, 0.6) is 0 Å². The maximum absolute atomic E-state index is 12.1. The number of rotatable bonds is 4. The van der Waals surface area contributed by atoms with Crippen LogP contribution in [0, 0.1) is 0 Å². The third-order valence-corrected chi connectivity index (χ3v) is 4.26. The summed E-state index contributed by atoms with van der Waals surface area (Å²) in [6.07, 6.45) is 0.921. The normalized spacial score (nSPS) is 18.9. The molecule has 1 saturated heterocycles. The molecule has 2 rings (SSSR count). The monoisotopic (exact) mass is 298 g/mol.